The van der Waals surface area contributed by atoms with Crippen LogP contribution in [0.1, 0.15) is 18.5 Å². The van der Waals surface area contributed by atoms with Crippen molar-refractivity contribution >= 4 is 21.1 Å². The van der Waals surface area contributed by atoms with Gasteiger partial charge in [0, 0.05) is 24.5 Å². The number of rotatable bonds is 4. The molecule has 0 saturated carbocycles. The quantitative estimate of drug-likeness (QED) is 0.759. The maximum Gasteiger partial charge on any atom is 0.417 e. The minimum Gasteiger partial charge on any atom is -0.408 e. The monoisotopic (exact) mass is 319 g/mol. The van der Waals surface area contributed by atoms with Gasteiger partial charge in [0.1, 0.15) is 0 Å². The average Bonchev–Trinajstić information content (AvgIpc) is 2.86. The highest BCUT2D eigenvalue weighted by Crippen LogP contribution is 2.19. The summed E-state index contributed by atoms with van der Waals surface area (Å²) in [6, 6.07) is 7.30. The number of hydrogen-bond acceptors (Lipinski definition) is 5. The predicted molar refractivity (Wildman–Crippen MR) is 79.8 cm³/mol. The molecule has 0 amide bonds. The molecule has 22 heavy (non-hydrogen) atoms. The van der Waals surface area contributed by atoms with Gasteiger partial charge in [-0.25, -0.2) is 17.9 Å². The number of fused-ring (bicyclic) bond motifs is 1. The van der Waals surface area contributed by atoms with Crippen molar-refractivity contribution in [3.63, 3.8) is 0 Å². The lowest BCUT2D eigenvalue weighted by Crippen LogP contribution is -2.26. The van der Waals surface area contributed by atoms with Gasteiger partial charge in [0.05, 0.1) is 10.4 Å². The Hall–Kier alpha value is -2.45. The lowest BCUT2D eigenvalue weighted by atomic mass is 10.2. The van der Waals surface area contributed by atoms with Crippen molar-refractivity contribution in [2.75, 3.05) is 0 Å². The Labute approximate surface area is 126 Å². The standard InChI is InChI=1S/C14H13N3O4S/c1-9(10-3-2-6-15-8-10)17-22(19,20)11-4-5-12-13(7-11)21-14(18)16-12/h2-9,17H,1H3,(H,16,18). The Morgan fingerprint density at radius 2 is 2.14 bits per heavy atom. The molecule has 8 heteroatoms. The Morgan fingerprint density at radius 3 is 2.86 bits per heavy atom. The summed E-state index contributed by atoms with van der Waals surface area (Å²) in [4.78, 5) is 17.6. The molecule has 7 nitrogen and oxygen atoms in total. The Kier molecular flexibility index (Phi) is 3.55. The van der Waals surface area contributed by atoms with E-state index in [4.69, 9.17) is 4.42 Å². The van der Waals surface area contributed by atoms with Crippen molar-refractivity contribution < 1.29 is 12.8 Å². The molecule has 0 aliphatic carbocycles. The topological polar surface area (TPSA) is 105 Å². The van der Waals surface area contributed by atoms with Crippen molar-refractivity contribution in [1.82, 2.24) is 14.7 Å². The molecule has 0 aliphatic heterocycles. The fourth-order valence-electron chi connectivity index (χ4n) is 2.09. The van der Waals surface area contributed by atoms with Crippen LogP contribution in [0.2, 0.25) is 0 Å². The average molecular weight is 319 g/mol. The van der Waals surface area contributed by atoms with Crippen LogP contribution in [-0.2, 0) is 10.0 Å². The Balaban J connectivity index is 1.92. The van der Waals surface area contributed by atoms with Crippen LogP contribution in [0, 0.1) is 0 Å². The minimum absolute atomic E-state index is 0.0264. The zero-order valence-corrected chi connectivity index (χ0v) is 12.4. The van der Waals surface area contributed by atoms with Gasteiger partial charge in [0.2, 0.25) is 10.0 Å². The van der Waals surface area contributed by atoms with Gasteiger partial charge >= 0.3 is 5.76 Å². The van der Waals surface area contributed by atoms with Gasteiger partial charge in [-0.15, -0.1) is 0 Å². The molecule has 0 bridgehead atoms. The molecule has 1 unspecified atom stereocenters. The first-order valence-corrected chi connectivity index (χ1v) is 7.99. The summed E-state index contributed by atoms with van der Waals surface area (Å²) in [6.45, 7) is 1.73. The molecule has 0 fully saturated rings. The number of H-pyrrole nitrogens is 1. The number of nitrogens with one attached hydrogen (secondary N) is 2. The van der Waals surface area contributed by atoms with Gasteiger partial charge < -0.3 is 4.42 Å². The molecule has 114 valence electrons. The molecule has 3 aromatic rings. The zero-order chi connectivity index (χ0) is 15.7. The molecule has 1 atom stereocenters. The van der Waals surface area contributed by atoms with E-state index in [0.29, 0.717) is 5.52 Å². The maximum atomic E-state index is 12.4. The van der Waals surface area contributed by atoms with Crippen LogP contribution in [0.3, 0.4) is 0 Å². The van der Waals surface area contributed by atoms with Gasteiger partial charge in [-0.1, -0.05) is 6.07 Å². The van der Waals surface area contributed by atoms with E-state index in [-0.39, 0.29) is 10.5 Å². The van der Waals surface area contributed by atoms with Crippen LogP contribution in [0.25, 0.3) is 11.1 Å². The van der Waals surface area contributed by atoms with Crippen LogP contribution in [0.4, 0.5) is 0 Å². The Bertz CT molecular complexity index is 960. The number of aromatic amines is 1. The second kappa shape index (κ2) is 5.39. The van der Waals surface area contributed by atoms with Crippen LogP contribution in [0.5, 0.6) is 0 Å². The highest BCUT2D eigenvalue weighted by atomic mass is 32.2. The van der Waals surface area contributed by atoms with E-state index in [9.17, 15) is 13.2 Å². The predicted octanol–water partition coefficient (Wildman–Crippen LogP) is 1.56. The summed E-state index contributed by atoms with van der Waals surface area (Å²) in [5.74, 6) is -0.624. The molecular formula is C14H13N3O4S. The number of oxazole rings is 1. The van der Waals surface area contributed by atoms with E-state index >= 15 is 0 Å². The maximum absolute atomic E-state index is 12.4. The first-order valence-electron chi connectivity index (χ1n) is 6.51. The number of benzene rings is 1. The van der Waals surface area contributed by atoms with E-state index in [1.54, 1.807) is 31.5 Å². The molecule has 0 spiro atoms. The van der Waals surface area contributed by atoms with Gasteiger partial charge in [-0.05, 0) is 30.7 Å². The SMILES string of the molecule is CC(NS(=O)(=O)c1ccc2[nH]c(=O)oc2c1)c1cccnc1. The van der Waals surface area contributed by atoms with Gasteiger partial charge in [0.25, 0.3) is 0 Å². The van der Waals surface area contributed by atoms with Crippen LogP contribution in [-0.4, -0.2) is 18.4 Å². The number of hydrogen-bond donors (Lipinski definition) is 2. The normalized spacial score (nSPS) is 13.3. The number of aromatic nitrogens is 2. The van der Waals surface area contributed by atoms with Crippen molar-refractivity contribution in [2.24, 2.45) is 0 Å². The van der Waals surface area contributed by atoms with E-state index in [1.807, 2.05) is 0 Å². The molecule has 3 rings (SSSR count). The lowest BCUT2D eigenvalue weighted by molar-refractivity contribution is 0.552. The minimum atomic E-state index is -3.74. The van der Waals surface area contributed by atoms with Crippen molar-refractivity contribution in [1.29, 1.82) is 0 Å². The molecule has 2 heterocycles. The summed E-state index contributed by atoms with van der Waals surface area (Å²) < 4.78 is 32.3. The number of sulfonamides is 1. The van der Waals surface area contributed by atoms with E-state index in [1.165, 1.54) is 18.2 Å². The fraction of sp³-hybridized carbons (Fsp3) is 0.143. The smallest absolute Gasteiger partial charge is 0.408 e. The van der Waals surface area contributed by atoms with E-state index < -0.39 is 21.8 Å². The van der Waals surface area contributed by atoms with E-state index in [2.05, 4.69) is 14.7 Å². The fourth-order valence-corrected chi connectivity index (χ4v) is 3.34. The van der Waals surface area contributed by atoms with Crippen molar-refractivity contribution in [2.45, 2.75) is 17.9 Å². The summed E-state index contributed by atoms with van der Waals surface area (Å²) in [7, 11) is -3.74. The van der Waals surface area contributed by atoms with Gasteiger partial charge in [-0.3, -0.25) is 9.97 Å². The Morgan fingerprint density at radius 1 is 1.32 bits per heavy atom. The molecule has 2 aromatic heterocycles. The summed E-state index contributed by atoms with van der Waals surface area (Å²) >= 11 is 0. The van der Waals surface area contributed by atoms with Crippen molar-refractivity contribution in [3.05, 3.63) is 58.8 Å². The molecule has 0 radical (unpaired) electrons. The second-order valence-electron chi connectivity index (χ2n) is 4.80. The lowest BCUT2D eigenvalue weighted by Gasteiger charge is -2.14. The third-order valence-electron chi connectivity index (χ3n) is 3.22. The highest BCUT2D eigenvalue weighted by molar-refractivity contribution is 7.89. The summed E-state index contributed by atoms with van der Waals surface area (Å²) in [6.07, 6.45) is 3.22. The molecule has 0 aliphatic rings. The first kappa shape index (κ1) is 14.5. The largest absolute Gasteiger partial charge is 0.417 e. The summed E-state index contributed by atoms with van der Waals surface area (Å²) in [5.41, 5.74) is 1.39. The third kappa shape index (κ3) is 2.78. The summed E-state index contributed by atoms with van der Waals surface area (Å²) in [5, 5.41) is 0. The third-order valence-corrected chi connectivity index (χ3v) is 4.76. The van der Waals surface area contributed by atoms with Crippen LogP contribution < -0.4 is 10.5 Å². The zero-order valence-electron chi connectivity index (χ0n) is 11.6. The van der Waals surface area contributed by atoms with Crippen molar-refractivity contribution in [3.8, 4) is 0 Å². The number of nitrogens with zero attached hydrogens (tertiary/aromatic N) is 1. The second-order valence-corrected chi connectivity index (χ2v) is 6.52. The molecule has 0 saturated heterocycles. The molecule has 2 N–H and O–H groups in total. The van der Waals surface area contributed by atoms with Crippen LogP contribution in [0.15, 0.2) is 56.8 Å². The van der Waals surface area contributed by atoms with Crippen LogP contribution >= 0.6 is 0 Å². The van der Waals surface area contributed by atoms with E-state index in [0.717, 1.165) is 5.56 Å². The molecular weight excluding hydrogens is 306 g/mol. The molecule has 1 aromatic carbocycles. The van der Waals surface area contributed by atoms with Gasteiger partial charge in [-0.2, -0.15) is 0 Å². The first-order chi connectivity index (χ1) is 10.5. The number of pyridine rings is 1. The van der Waals surface area contributed by atoms with Gasteiger partial charge in [0.15, 0.2) is 5.58 Å². The highest BCUT2D eigenvalue weighted by Gasteiger charge is 2.19.